The van der Waals surface area contributed by atoms with E-state index in [1.165, 1.54) is 28.8 Å². The van der Waals surface area contributed by atoms with Gasteiger partial charge in [0, 0.05) is 5.75 Å². The van der Waals surface area contributed by atoms with Crippen LogP contribution in [0.15, 0.2) is 18.2 Å². The second-order valence-electron chi connectivity index (χ2n) is 4.74. The van der Waals surface area contributed by atoms with Crippen molar-refractivity contribution in [3.05, 3.63) is 34.6 Å². The zero-order chi connectivity index (χ0) is 15.6. The van der Waals surface area contributed by atoms with Crippen molar-refractivity contribution in [2.45, 2.75) is 31.2 Å². The summed E-state index contributed by atoms with van der Waals surface area (Å²) in [5.41, 5.74) is 0.00604. The number of carbonyl (C=O) groups is 2. The number of rotatable bonds is 4. The van der Waals surface area contributed by atoms with Crippen LogP contribution in [-0.4, -0.2) is 39.1 Å². The SMILES string of the molecule is CCCC1SCC(C(=O)O)N1C(=O)c1cccc(F)c1Cl. The molecular formula is C14H15ClFNO3S. The number of amides is 1. The Bertz CT molecular complexity index is 569. The van der Waals surface area contributed by atoms with Gasteiger partial charge in [-0.25, -0.2) is 9.18 Å². The summed E-state index contributed by atoms with van der Waals surface area (Å²) < 4.78 is 13.5. The summed E-state index contributed by atoms with van der Waals surface area (Å²) in [6.07, 6.45) is 1.51. The Morgan fingerprint density at radius 2 is 2.24 bits per heavy atom. The molecule has 0 aromatic heterocycles. The van der Waals surface area contributed by atoms with Crippen LogP contribution in [0, 0.1) is 5.82 Å². The van der Waals surface area contributed by atoms with Crippen LogP contribution in [0.4, 0.5) is 4.39 Å². The molecule has 1 aliphatic rings. The summed E-state index contributed by atoms with van der Waals surface area (Å²) in [6, 6.07) is 3.06. The minimum atomic E-state index is -1.05. The summed E-state index contributed by atoms with van der Waals surface area (Å²) in [5, 5.41) is 8.79. The van der Waals surface area contributed by atoms with Crippen molar-refractivity contribution in [2.75, 3.05) is 5.75 Å². The highest BCUT2D eigenvalue weighted by atomic mass is 35.5. The molecule has 1 aromatic carbocycles. The molecule has 7 heteroatoms. The lowest BCUT2D eigenvalue weighted by atomic mass is 10.1. The first-order valence-electron chi connectivity index (χ1n) is 6.58. The highest BCUT2D eigenvalue weighted by Crippen LogP contribution is 2.34. The van der Waals surface area contributed by atoms with Gasteiger partial charge in [-0.15, -0.1) is 11.8 Å². The third-order valence-electron chi connectivity index (χ3n) is 3.33. The molecule has 1 amide bonds. The van der Waals surface area contributed by atoms with Gasteiger partial charge in [0.05, 0.1) is 16.0 Å². The number of hydrogen-bond donors (Lipinski definition) is 1. The molecule has 1 N–H and O–H groups in total. The molecule has 1 aliphatic heterocycles. The van der Waals surface area contributed by atoms with Crippen LogP contribution >= 0.6 is 23.4 Å². The van der Waals surface area contributed by atoms with Crippen molar-refractivity contribution < 1.29 is 19.1 Å². The van der Waals surface area contributed by atoms with E-state index in [9.17, 15) is 19.1 Å². The summed E-state index contributed by atoms with van der Waals surface area (Å²) in [6.45, 7) is 1.96. The Morgan fingerprint density at radius 3 is 2.86 bits per heavy atom. The zero-order valence-corrected chi connectivity index (χ0v) is 13.0. The van der Waals surface area contributed by atoms with Crippen molar-refractivity contribution in [3.63, 3.8) is 0 Å². The number of carboxylic acid groups (broad SMARTS) is 1. The molecule has 0 saturated carbocycles. The number of hydrogen-bond acceptors (Lipinski definition) is 3. The minimum Gasteiger partial charge on any atom is -0.480 e. The van der Waals surface area contributed by atoms with E-state index in [0.717, 1.165) is 12.5 Å². The van der Waals surface area contributed by atoms with Gasteiger partial charge in [-0.3, -0.25) is 4.79 Å². The molecule has 0 aliphatic carbocycles. The summed E-state index contributed by atoms with van der Waals surface area (Å²) in [7, 11) is 0. The lowest BCUT2D eigenvalue weighted by Gasteiger charge is -2.27. The van der Waals surface area contributed by atoms with E-state index < -0.39 is 23.7 Å². The molecule has 0 spiro atoms. The molecular weight excluding hydrogens is 317 g/mol. The third kappa shape index (κ3) is 3.16. The van der Waals surface area contributed by atoms with Crippen LogP contribution in [0.2, 0.25) is 5.02 Å². The maximum atomic E-state index is 13.5. The van der Waals surface area contributed by atoms with Gasteiger partial charge in [0.2, 0.25) is 0 Å². The van der Waals surface area contributed by atoms with Crippen molar-refractivity contribution in [1.29, 1.82) is 0 Å². The molecule has 1 saturated heterocycles. The molecule has 1 fully saturated rings. The first-order valence-corrected chi connectivity index (χ1v) is 8.01. The monoisotopic (exact) mass is 331 g/mol. The second-order valence-corrected chi connectivity index (χ2v) is 6.33. The average molecular weight is 332 g/mol. The van der Waals surface area contributed by atoms with E-state index in [0.29, 0.717) is 12.2 Å². The van der Waals surface area contributed by atoms with Crippen LogP contribution < -0.4 is 0 Å². The Hall–Kier alpha value is -1.27. The van der Waals surface area contributed by atoms with E-state index in [4.69, 9.17) is 11.6 Å². The maximum absolute atomic E-state index is 13.5. The van der Waals surface area contributed by atoms with Crippen molar-refractivity contribution in [3.8, 4) is 0 Å². The van der Waals surface area contributed by atoms with Crippen LogP contribution in [0.3, 0.4) is 0 Å². The Balaban J connectivity index is 2.37. The zero-order valence-electron chi connectivity index (χ0n) is 11.4. The number of carbonyl (C=O) groups excluding carboxylic acids is 1. The number of nitrogens with zero attached hydrogens (tertiary/aromatic N) is 1. The van der Waals surface area contributed by atoms with Gasteiger partial charge in [-0.2, -0.15) is 0 Å². The number of benzene rings is 1. The molecule has 1 heterocycles. The fourth-order valence-electron chi connectivity index (χ4n) is 2.30. The Labute approximate surface area is 131 Å². The largest absolute Gasteiger partial charge is 0.480 e. The molecule has 1 aromatic rings. The highest BCUT2D eigenvalue weighted by molar-refractivity contribution is 8.00. The molecule has 2 rings (SSSR count). The van der Waals surface area contributed by atoms with Gasteiger partial charge in [-0.1, -0.05) is 31.0 Å². The predicted molar refractivity (Wildman–Crippen MR) is 80.2 cm³/mol. The van der Waals surface area contributed by atoms with Crippen molar-refractivity contribution in [2.24, 2.45) is 0 Å². The topological polar surface area (TPSA) is 57.6 Å². The van der Waals surface area contributed by atoms with Crippen LogP contribution in [0.1, 0.15) is 30.1 Å². The molecule has 0 bridgehead atoms. The molecule has 0 radical (unpaired) electrons. The standard InChI is InChI=1S/C14H15ClFNO3S/c1-2-4-11-17(10(7-21-11)14(19)20)13(18)8-5-3-6-9(16)12(8)15/h3,5-6,10-11H,2,4,7H2,1H3,(H,19,20). The quantitative estimate of drug-likeness (QED) is 0.920. The summed E-state index contributed by atoms with van der Waals surface area (Å²) in [4.78, 5) is 25.3. The number of thioether (sulfide) groups is 1. The normalized spacial score (nSPS) is 21.6. The molecule has 114 valence electrons. The van der Waals surface area contributed by atoms with Gasteiger partial charge in [0.1, 0.15) is 11.9 Å². The number of carboxylic acids is 1. The van der Waals surface area contributed by atoms with Crippen molar-refractivity contribution in [1.82, 2.24) is 4.90 Å². The van der Waals surface area contributed by atoms with Crippen LogP contribution in [0.25, 0.3) is 0 Å². The lowest BCUT2D eigenvalue weighted by molar-refractivity contribution is -0.141. The van der Waals surface area contributed by atoms with Gasteiger partial charge in [-0.05, 0) is 18.6 Å². The fourth-order valence-corrected chi connectivity index (χ4v) is 4.02. The lowest BCUT2D eigenvalue weighted by Crippen LogP contribution is -2.45. The van der Waals surface area contributed by atoms with E-state index >= 15 is 0 Å². The van der Waals surface area contributed by atoms with E-state index in [-0.39, 0.29) is 16.0 Å². The first kappa shape index (κ1) is 16.1. The summed E-state index contributed by atoms with van der Waals surface area (Å²) in [5.74, 6) is -1.94. The fraction of sp³-hybridized carbons (Fsp3) is 0.429. The van der Waals surface area contributed by atoms with Crippen LogP contribution in [0.5, 0.6) is 0 Å². The van der Waals surface area contributed by atoms with Gasteiger partial charge >= 0.3 is 5.97 Å². The van der Waals surface area contributed by atoms with E-state index in [2.05, 4.69) is 0 Å². The molecule has 2 unspecified atom stereocenters. The van der Waals surface area contributed by atoms with E-state index in [1.807, 2.05) is 6.92 Å². The van der Waals surface area contributed by atoms with Crippen molar-refractivity contribution >= 4 is 35.2 Å². The maximum Gasteiger partial charge on any atom is 0.327 e. The molecule has 4 nitrogen and oxygen atoms in total. The number of halogens is 2. The van der Waals surface area contributed by atoms with Crippen LogP contribution in [-0.2, 0) is 4.79 Å². The van der Waals surface area contributed by atoms with Gasteiger partial charge in [0.25, 0.3) is 5.91 Å². The second kappa shape index (κ2) is 6.66. The Morgan fingerprint density at radius 1 is 1.52 bits per heavy atom. The number of aliphatic carboxylic acids is 1. The first-order chi connectivity index (χ1) is 9.97. The van der Waals surface area contributed by atoms with Gasteiger partial charge in [0.15, 0.2) is 0 Å². The average Bonchev–Trinajstić information content (AvgIpc) is 2.85. The molecule has 21 heavy (non-hydrogen) atoms. The molecule has 2 atom stereocenters. The van der Waals surface area contributed by atoms with E-state index in [1.54, 1.807) is 0 Å². The summed E-state index contributed by atoms with van der Waals surface area (Å²) >= 11 is 7.27. The predicted octanol–water partition coefficient (Wildman–Crippen LogP) is 3.25. The third-order valence-corrected chi connectivity index (χ3v) is 5.07. The van der Waals surface area contributed by atoms with Gasteiger partial charge < -0.3 is 10.0 Å². The smallest absolute Gasteiger partial charge is 0.327 e. The highest BCUT2D eigenvalue weighted by Gasteiger charge is 2.42. The minimum absolute atomic E-state index is 0.00604. The Kier molecular flexibility index (Phi) is 5.11.